The second kappa shape index (κ2) is 4.99. The molecule has 1 aliphatic rings. The van der Waals surface area contributed by atoms with Crippen LogP contribution < -0.4 is 5.32 Å². The summed E-state index contributed by atoms with van der Waals surface area (Å²) in [4.78, 5) is 1.14. The number of hydrogen-bond acceptors (Lipinski definition) is 2. The fourth-order valence-electron chi connectivity index (χ4n) is 2.03. The first-order valence-electron chi connectivity index (χ1n) is 5.35. The summed E-state index contributed by atoms with van der Waals surface area (Å²) in [6, 6.07) is 5.86. The lowest BCUT2D eigenvalue weighted by Gasteiger charge is -2.11. The molecule has 0 spiro atoms. The first kappa shape index (κ1) is 11.0. The molecule has 0 aromatic heterocycles. The highest BCUT2D eigenvalue weighted by Crippen LogP contribution is 2.21. The molecule has 2 rings (SSSR count). The Morgan fingerprint density at radius 3 is 3.07 bits per heavy atom. The Morgan fingerprint density at radius 1 is 1.53 bits per heavy atom. The van der Waals surface area contributed by atoms with Gasteiger partial charge in [0.1, 0.15) is 5.82 Å². The Bertz CT molecular complexity index is 334. The molecular weight excluding hydrogens is 209 g/mol. The number of rotatable bonds is 3. The summed E-state index contributed by atoms with van der Waals surface area (Å²) in [7, 11) is 0. The monoisotopic (exact) mass is 225 g/mol. The molecule has 1 aromatic carbocycles. The number of hydrogen-bond donors (Lipinski definition) is 1. The molecule has 0 bridgehead atoms. The number of benzene rings is 1. The molecule has 1 unspecified atom stereocenters. The van der Waals surface area contributed by atoms with Crippen LogP contribution in [0.4, 0.5) is 4.39 Å². The third-order valence-corrected chi connectivity index (χ3v) is 3.61. The summed E-state index contributed by atoms with van der Waals surface area (Å²) in [5, 5.41) is 3.40. The topological polar surface area (TPSA) is 12.0 Å². The van der Waals surface area contributed by atoms with Crippen LogP contribution in [0.15, 0.2) is 23.1 Å². The van der Waals surface area contributed by atoms with Crippen molar-refractivity contribution < 1.29 is 4.39 Å². The van der Waals surface area contributed by atoms with Gasteiger partial charge in [-0.25, -0.2) is 4.39 Å². The molecule has 82 valence electrons. The van der Waals surface area contributed by atoms with E-state index in [1.807, 2.05) is 18.4 Å². The molecule has 3 heteroatoms. The largest absolute Gasteiger partial charge is 0.314 e. The van der Waals surface area contributed by atoms with Crippen molar-refractivity contribution in [3.05, 3.63) is 29.6 Å². The molecular formula is C12H16FNS. The molecule has 1 fully saturated rings. The third-order valence-electron chi connectivity index (χ3n) is 2.88. The van der Waals surface area contributed by atoms with E-state index in [1.54, 1.807) is 17.8 Å². The summed E-state index contributed by atoms with van der Waals surface area (Å²) >= 11 is 1.66. The van der Waals surface area contributed by atoms with Crippen LogP contribution in [0.5, 0.6) is 0 Å². The second-order valence-corrected chi connectivity index (χ2v) is 4.83. The van der Waals surface area contributed by atoms with E-state index < -0.39 is 0 Å². The van der Waals surface area contributed by atoms with Gasteiger partial charge >= 0.3 is 0 Å². The summed E-state index contributed by atoms with van der Waals surface area (Å²) in [5.41, 5.74) is 0.848. The molecule has 0 aliphatic carbocycles. The zero-order valence-electron chi connectivity index (χ0n) is 8.92. The minimum Gasteiger partial charge on any atom is -0.314 e. The fraction of sp³-hybridized carbons (Fsp3) is 0.500. The first-order valence-corrected chi connectivity index (χ1v) is 6.58. The van der Waals surface area contributed by atoms with Gasteiger partial charge in [0.05, 0.1) is 0 Å². The summed E-state index contributed by atoms with van der Waals surface area (Å²) < 4.78 is 13.5. The van der Waals surface area contributed by atoms with E-state index in [4.69, 9.17) is 0 Å². The van der Waals surface area contributed by atoms with Crippen molar-refractivity contribution in [2.45, 2.75) is 30.2 Å². The average molecular weight is 225 g/mol. The zero-order valence-corrected chi connectivity index (χ0v) is 9.74. The number of thioether (sulfide) groups is 1. The van der Waals surface area contributed by atoms with Gasteiger partial charge in [0.25, 0.3) is 0 Å². The van der Waals surface area contributed by atoms with E-state index in [0.29, 0.717) is 6.04 Å². The number of halogens is 1. The van der Waals surface area contributed by atoms with Gasteiger partial charge in [-0.1, -0.05) is 0 Å². The van der Waals surface area contributed by atoms with Gasteiger partial charge in [-0.05, 0) is 55.8 Å². The third kappa shape index (κ3) is 2.73. The molecule has 0 amide bonds. The van der Waals surface area contributed by atoms with E-state index >= 15 is 0 Å². The SMILES string of the molecule is CSc1ccc(F)c(CC2CCCN2)c1. The van der Waals surface area contributed by atoms with Crippen molar-refractivity contribution in [2.75, 3.05) is 12.8 Å². The fourth-order valence-corrected chi connectivity index (χ4v) is 2.50. The molecule has 1 saturated heterocycles. The second-order valence-electron chi connectivity index (χ2n) is 3.95. The highest BCUT2D eigenvalue weighted by Gasteiger charge is 2.16. The molecule has 15 heavy (non-hydrogen) atoms. The van der Waals surface area contributed by atoms with E-state index in [2.05, 4.69) is 5.32 Å². The van der Waals surface area contributed by atoms with Gasteiger partial charge in [-0.2, -0.15) is 0 Å². The number of nitrogens with one attached hydrogen (secondary N) is 1. The molecule has 1 nitrogen and oxygen atoms in total. The Kier molecular flexibility index (Phi) is 3.65. The van der Waals surface area contributed by atoms with Crippen LogP contribution in [0.3, 0.4) is 0 Å². The van der Waals surface area contributed by atoms with Crippen molar-refractivity contribution in [1.29, 1.82) is 0 Å². The maximum atomic E-state index is 13.5. The van der Waals surface area contributed by atoms with Crippen molar-refractivity contribution >= 4 is 11.8 Å². The minimum absolute atomic E-state index is 0.0681. The normalized spacial score (nSPS) is 20.8. The highest BCUT2D eigenvalue weighted by molar-refractivity contribution is 7.98. The van der Waals surface area contributed by atoms with Crippen LogP contribution in [-0.2, 0) is 6.42 Å². The van der Waals surface area contributed by atoms with Gasteiger partial charge < -0.3 is 5.32 Å². The Morgan fingerprint density at radius 2 is 2.40 bits per heavy atom. The molecule has 0 radical (unpaired) electrons. The Labute approximate surface area is 94.5 Å². The Balaban J connectivity index is 2.11. The van der Waals surface area contributed by atoms with E-state index in [1.165, 1.54) is 12.8 Å². The first-order chi connectivity index (χ1) is 7.29. The summed E-state index contributed by atoms with van der Waals surface area (Å²) in [6.45, 7) is 1.08. The molecule has 1 N–H and O–H groups in total. The van der Waals surface area contributed by atoms with E-state index in [0.717, 1.165) is 23.4 Å². The maximum absolute atomic E-state index is 13.5. The lowest BCUT2D eigenvalue weighted by molar-refractivity contribution is 0.559. The zero-order chi connectivity index (χ0) is 10.7. The highest BCUT2D eigenvalue weighted by atomic mass is 32.2. The minimum atomic E-state index is -0.0681. The van der Waals surface area contributed by atoms with Gasteiger partial charge in [0.15, 0.2) is 0 Å². The predicted octanol–water partition coefficient (Wildman–Crippen LogP) is 2.84. The van der Waals surface area contributed by atoms with Crippen molar-refractivity contribution in [1.82, 2.24) is 5.32 Å². The molecule has 1 aliphatic heterocycles. The van der Waals surface area contributed by atoms with Crippen molar-refractivity contribution in [3.8, 4) is 0 Å². The molecule has 1 atom stereocenters. The van der Waals surface area contributed by atoms with Crippen LogP contribution in [0.2, 0.25) is 0 Å². The van der Waals surface area contributed by atoms with Gasteiger partial charge in [0.2, 0.25) is 0 Å². The molecule has 0 saturated carbocycles. The van der Waals surface area contributed by atoms with Crippen LogP contribution >= 0.6 is 11.8 Å². The van der Waals surface area contributed by atoms with E-state index in [9.17, 15) is 4.39 Å². The summed E-state index contributed by atoms with van der Waals surface area (Å²) in [6.07, 6.45) is 5.22. The lowest BCUT2D eigenvalue weighted by atomic mass is 10.0. The maximum Gasteiger partial charge on any atom is 0.126 e. The lowest BCUT2D eigenvalue weighted by Crippen LogP contribution is -2.24. The quantitative estimate of drug-likeness (QED) is 0.794. The predicted molar refractivity (Wildman–Crippen MR) is 62.9 cm³/mol. The molecule has 1 heterocycles. The molecule has 1 aromatic rings. The standard InChI is InChI=1S/C12H16FNS/c1-15-11-4-5-12(13)9(8-11)7-10-3-2-6-14-10/h4-5,8,10,14H,2-3,6-7H2,1H3. The Hall–Kier alpha value is -0.540. The van der Waals surface area contributed by atoms with Crippen molar-refractivity contribution in [3.63, 3.8) is 0 Å². The van der Waals surface area contributed by atoms with Gasteiger partial charge in [0, 0.05) is 10.9 Å². The smallest absolute Gasteiger partial charge is 0.126 e. The summed E-state index contributed by atoms with van der Waals surface area (Å²) in [5.74, 6) is -0.0681. The van der Waals surface area contributed by atoms with Crippen LogP contribution in [0, 0.1) is 5.82 Å². The van der Waals surface area contributed by atoms with Crippen LogP contribution in [-0.4, -0.2) is 18.8 Å². The van der Waals surface area contributed by atoms with Gasteiger partial charge in [-0.15, -0.1) is 11.8 Å². The average Bonchev–Trinajstić information content (AvgIpc) is 2.74. The van der Waals surface area contributed by atoms with Crippen LogP contribution in [0.1, 0.15) is 18.4 Å². The van der Waals surface area contributed by atoms with Gasteiger partial charge in [-0.3, -0.25) is 0 Å². The van der Waals surface area contributed by atoms with E-state index in [-0.39, 0.29) is 5.82 Å². The van der Waals surface area contributed by atoms with Crippen LogP contribution in [0.25, 0.3) is 0 Å². The van der Waals surface area contributed by atoms with Crippen molar-refractivity contribution in [2.24, 2.45) is 0 Å².